The number of amides is 1. The first-order valence-corrected chi connectivity index (χ1v) is 10.6. The lowest BCUT2D eigenvalue weighted by Gasteiger charge is -2.23. The summed E-state index contributed by atoms with van der Waals surface area (Å²) in [6.07, 6.45) is 1.39. The Kier molecular flexibility index (Phi) is 6.30. The van der Waals surface area contributed by atoms with Crippen LogP contribution in [0.5, 0.6) is 0 Å². The van der Waals surface area contributed by atoms with Crippen LogP contribution < -0.4 is 14.9 Å². The van der Waals surface area contributed by atoms with E-state index < -0.39 is 15.9 Å². The van der Waals surface area contributed by atoms with Crippen LogP contribution in [-0.2, 0) is 10.0 Å². The second kappa shape index (κ2) is 8.89. The predicted molar refractivity (Wildman–Crippen MR) is 115 cm³/mol. The Morgan fingerprint density at radius 3 is 2.31 bits per heavy atom. The molecule has 0 atom stereocenters. The monoisotopic (exact) mass is 429 g/mol. The van der Waals surface area contributed by atoms with Gasteiger partial charge in [0.25, 0.3) is 15.9 Å². The molecule has 9 heteroatoms. The van der Waals surface area contributed by atoms with Gasteiger partial charge in [-0.2, -0.15) is 0 Å². The van der Waals surface area contributed by atoms with E-state index in [0.29, 0.717) is 17.9 Å². The number of thiocarbonyl (C=S) groups is 1. The van der Waals surface area contributed by atoms with Crippen molar-refractivity contribution in [2.45, 2.75) is 11.8 Å². The van der Waals surface area contributed by atoms with Crippen LogP contribution in [0.4, 0.5) is 11.4 Å². The van der Waals surface area contributed by atoms with E-state index in [9.17, 15) is 13.2 Å². The van der Waals surface area contributed by atoms with Crippen LogP contribution in [0, 0.1) is 0 Å². The highest BCUT2D eigenvalue weighted by Gasteiger charge is 2.23. The fourth-order valence-electron chi connectivity index (χ4n) is 2.66. The molecule has 29 heavy (non-hydrogen) atoms. The maximum Gasteiger partial charge on any atom is 0.293 e. The van der Waals surface area contributed by atoms with E-state index in [1.807, 2.05) is 6.07 Å². The molecule has 0 radical (unpaired) electrons. The molecule has 1 amide bonds. The number of carbonyl (C=O) groups excluding carboxylic acids is 1. The number of benzene rings is 2. The highest BCUT2D eigenvalue weighted by molar-refractivity contribution is 7.92. The first kappa shape index (κ1) is 20.6. The molecule has 0 aliphatic heterocycles. The van der Waals surface area contributed by atoms with Gasteiger partial charge in [0.15, 0.2) is 10.9 Å². The molecular formula is C20H19N3O4S2. The van der Waals surface area contributed by atoms with Crippen LogP contribution in [-0.4, -0.2) is 26.0 Å². The smallest absolute Gasteiger partial charge is 0.293 e. The molecular weight excluding hydrogens is 410 g/mol. The summed E-state index contributed by atoms with van der Waals surface area (Å²) in [5.41, 5.74) is 1.13. The highest BCUT2D eigenvalue weighted by atomic mass is 32.2. The Bertz CT molecular complexity index is 1080. The van der Waals surface area contributed by atoms with Gasteiger partial charge in [-0.05, 0) is 67.7 Å². The number of nitrogens with zero attached hydrogens (tertiary/aromatic N) is 1. The molecule has 1 heterocycles. The number of carbonyl (C=O) groups is 1. The number of hydrogen-bond donors (Lipinski definition) is 2. The molecule has 0 saturated heterocycles. The van der Waals surface area contributed by atoms with Crippen LogP contribution in [0.3, 0.4) is 0 Å². The van der Waals surface area contributed by atoms with Gasteiger partial charge >= 0.3 is 0 Å². The average molecular weight is 430 g/mol. The van der Waals surface area contributed by atoms with Crippen molar-refractivity contribution in [1.82, 2.24) is 5.32 Å². The molecule has 150 valence electrons. The molecule has 3 aromatic rings. The minimum atomic E-state index is -3.71. The Labute approximate surface area is 174 Å². The van der Waals surface area contributed by atoms with Gasteiger partial charge in [-0.15, -0.1) is 0 Å². The van der Waals surface area contributed by atoms with Crippen LogP contribution in [0.15, 0.2) is 82.3 Å². The molecule has 0 aliphatic carbocycles. The van der Waals surface area contributed by atoms with Crippen molar-refractivity contribution in [3.63, 3.8) is 0 Å². The first-order chi connectivity index (χ1) is 13.9. The predicted octanol–water partition coefficient (Wildman–Crippen LogP) is 3.62. The van der Waals surface area contributed by atoms with Gasteiger partial charge in [-0.1, -0.05) is 18.2 Å². The quantitative estimate of drug-likeness (QED) is 0.582. The van der Waals surface area contributed by atoms with Crippen molar-refractivity contribution in [2.75, 3.05) is 16.2 Å². The van der Waals surface area contributed by atoms with Crippen LogP contribution in [0.1, 0.15) is 17.5 Å². The van der Waals surface area contributed by atoms with Crippen molar-refractivity contribution in [1.29, 1.82) is 0 Å². The lowest BCUT2D eigenvalue weighted by molar-refractivity contribution is 0.0950. The van der Waals surface area contributed by atoms with Crippen molar-refractivity contribution in [3.8, 4) is 0 Å². The Balaban J connectivity index is 1.70. The van der Waals surface area contributed by atoms with E-state index in [1.54, 1.807) is 49.4 Å². The van der Waals surface area contributed by atoms with Gasteiger partial charge in [0.05, 0.1) is 16.8 Å². The fourth-order valence-corrected chi connectivity index (χ4v) is 4.34. The normalized spacial score (nSPS) is 10.9. The number of hydrogen-bond acceptors (Lipinski definition) is 5. The van der Waals surface area contributed by atoms with E-state index in [1.165, 1.54) is 28.8 Å². The molecule has 3 rings (SSSR count). The maximum absolute atomic E-state index is 13.0. The number of anilines is 2. The minimum Gasteiger partial charge on any atom is -0.459 e. The molecule has 2 N–H and O–H groups in total. The van der Waals surface area contributed by atoms with Crippen LogP contribution in [0.25, 0.3) is 0 Å². The molecule has 2 aromatic carbocycles. The zero-order chi connectivity index (χ0) is 20.9. The zero-order valence-electron chi connectivity index (χ0n) is 15.5. The second-order valence-electron chi connectivity index (χ2n) is 5.92. The minimum absolute atomic E-state index is 0.0708. The van der Waals surface area contributed by atoms with Gasteiger partial charge < -0.3 is 9.73 Å². The van der Waals surface area contributed by atoms with Gasteiger partial charge in [0, 0.05) is 12.2 Å². The SMILES string of the molecule is CCN(c1ccccc1)S(=O)(=O)c1ccc(NC(=S)NC(=O)c2ccco2)cc1. The average Bonchev–Trinajstić information content (AvgIpc) is 3.24. The van der Waals surface area contributed by atoms with Crippen molar-refractivity contribution < 1.29 is 17.6 Å². The van der Waals surface area contributed by atoms with Gasteiger partial charge in [-0.3, -0.25) is 14.4 Å². The Morgan fingerprint density at radius 2 is 1.72 bits per heavy atom. The van der Waals surface area contributed by atoms with E-state index in [-0.39, 0.29) is 15.8 Å². The number of para-hydroxylation sites is 1. The van der Waals surface area contributed by atoms with E-state index in [2.05, 4.69) is 10.6 Å². The van der Waals surface area contributed by atoms with Gasteiger partial charge in [0.2, 0.25) is 0 Å². The summed E-state index contributed by atoms with van der Waals surface area (Å²) in [7, 11) is -3.71. The molecule has 0 spiro atoms. The molecule has 0 unspecified atom stereocenters. The number of rotatable bonds is 6. The molecule has 0 saturated carbocycles. The zero-order valence-corrected chi connectivity index (χ0v) is 17.2. The first-order valence-electron chi connectivity index (χ1n) is 8.75. The molecule has 0 aliphatic rings. The van der Waals surface area contributed by atoms with Crippen molar-refractivity contribution in [3.05, 3.63) is 78.8 Å². The Hall–Kier alpha value is -3.17. The number of furan rings is 1. The van der Waals surface area contributed by atoms with Gasteiger partial charge in [-0.25, -0.2) is 8.42 Å². The largest absolute Gasteiger partial charge is 0.459 e. The standard InChI is InChI=1S/C20H19N3O4S2/c1-2-23(16-7-4-3-5-8-16)29(25,26)17-12-10-15(11-13-17)21-20(28)22-19(24)18-9-6-14-27-18/h3-14H,2H2,1H3,(H2,21,22,24,28). The number of sulfonamides is 1. The number of nitrogens with one attached hydrogen (secondary N) is 2. The molecule has 1 aromatic heterocycles. The van der Waals surface area contributed by atoms with Crippen LogP contribution in [0.2, 0.25) is 0 Å². The summed E-state index contributed by atoms with van der Waals surface area (Å²) in [6, 6.07) is 18.2. The summed E-state index contributed by atoms with van der Waals surface area (Å²) in [5, 5.41) is 5.39. The summed E-state index contributed by atoms with van der Waals surface area (Å²) in [4.78, 5) is 12.1. The fraction of sp³-hybridized carbons (Fsp3) is 0.100. The van der Waals surface area contributed by atoms with Crippen LogP contribution >= 0.6 is 12.2 Å². The maximum atomic E-state index is 13.0. The van der Waals surface area contributed by atoms with Crippen molar-refractivity contribution in [2.24, 2.45) is 0 Å². The highest BCUT2D eigenvalue weighted by Crippen LogP contribution is 2.24. The third kappa shape index (κ3) is 4.82. The van der Waals surface area contributed by atoms with E-state index >= 15 is 0 Å². The summed E-state index contributed by atoms with van der Waals surface area (Å²) < 4.78 is 32.3. The lowest BCUT2D eigenvalue weighted by atomic mass is 10.3. The Morgan fingerprint density at radius 1 is 1.03 bits per heavy atom. The molecule has 0 fully saturated rings. The third-order valence-corrected chi connectivity index (χ3v) is 6.12. The second-order valence-corrected chi connectivity index (χ2v) is 8.19. The third-order valence-electron chi connectivity index (χ3n) is 4.00. The molecule has 7 nitrogen and oxygen atoms in total. The van der Waals surface area contributed by atoms with Gasteiger partial charge in [0.1, 0.15) is 0 Å². The van der Waals surface area contributed by atoms with E-state index in [0.717, 1.165) is 0 Å². The summed E-state index contributed by atoms with van der Waals surface area (Å²) >= 11 is 5.11. The summed E-state index contributed by atoms with van der Waals surface area (Å²) in [5.74, 6) is -0.343. The lowest BCUT2D eigenvalue weighted by Crippen LogP contribution is -2.34. The van der Waals surface area contributed by atoms with E-state index in [4.69, 9.17) is 16.6 Å². The summed E-state index contributed by atoms with van der Waals surface area (Å²) in [6.45, 7) is 2.08. The molecule has 0 bridgehead atoms. The topological polar surface area (TPSA) is 91.7 Å². The van der Waals surface area contributed by atoms with Crippen molar-refractivity contribution >= 4 is 44.6 Å².